The maximum atomic E-state index is 12.6. The third kappa shape index (κ3) is 2.33. The van der Waals surface area contributed by atoms with Crippen molar-refractivity contribution in [3.8, 4) is 0 Å². The first-order valence-corrected chi connectivity index (χ1v) is 6.97. The monoisotopic (exact) mass is 265 g/mol. The van der Waals surface area contributed by atoms with E-state index in [-0.39, 0.29) is 17.5 Å². The number of nitrogens with zero attached hydrogens (tertiary/aromatic N) is 3. The average Bonchev–Trinajstić information content (AvgIpc) is 2.61. The van der Waals surface area contributed by atoms with Gasteiger partial charge in [-0.3, -0.25) is 14.3 Å². The number of rotatable bonds is 2. The minimum absolute atomic E-state index is 0.0374. The largest absolute Gasteiger partial charge is 0.309 e. The molecule has 0 N–H and O–H groups in total. The maximum Gasteiger partial charge on any atom is 0.291 e. The zero-order valence-electron chi connectivity index (χ0n) is 12.3. The molecule has 0 aliphatic heterocycles. The molecule has 5 heteroatoms. The van der Waals surface area contributed by atoms with Crippen molar-refractivity contribution in [1.82, 2.24) is 9.36 Å². The van der Waals surface area contributed by atoms with Crippen molar-refractivity contribution < 1.29 is 4.79 Å². The number of amides is 1. The van der Waals surface area contributed by atoms with Crippen molar-refractivity contribution in [2.24, 2.45) is 7.05 Å². The van der Waals surface area contributed by atoms with E-state index in [1.807, 2.05) is 23.3 Å². The third-order valence-electron chi connectivity index (χ3n) is 4.29. The summed E-state index contributed by atoms with van der Waals surface area (Å²) >= 11 is 0. The van der Waals surface area contributed by atoms with Crippen LogP contribution in [0.3, 0.4) is 0 Å². The minimum atomic E-state index is -0.110. The molecule has 1 saturated carbocycles. The highest BCUT2D eigenvalue weighted by Gasteiger charge is 2.25. The molecule has 1 aliphatic carbocycles. The van der Waals surface area contributed by atoms with Gasteiger partial charge in [0, 0.05) is 21.0 Å². The summed E-state index contributed by atoms with van der Waals surface area (Å²) in [4.78, 5) is 25.6. The van der Waals surface area contributed by atoms with Gasteiger partial charge in [0.05, 0.1) is 11.7 Å². The van der Waals surface area contributed by atoms with Crippen LogP contribution < -0.4 is 10.5 Å². The number of carbonyl (C=O) groups excluding carboxylic acids is 1. The summed E-state index contributed by atoms with van der Waals surface area (Å²) in [6, 6.07) is 0.277. The fraction of sp³-hybridized carbons (Fsp3) is 0.714. The molecule has 1 aromatic rings. The molecule has 19 heavy (non-hydrogen) atoms. The van der Waals surface area contributed by atoms with Crippen molar-refractivity contribution in [2.45, 2.75) is 52.0 Å². The summed E-state index contributed by atoms with van der Waals surface area (Å²) in [6.07, 6.45) is 5.73. The standard InChI is InChI=1S/C14H23N3O2/c1-10-13(15(3)11(2)18)14(19)17(16(10)4)12-8-6-5-7-9-12/h12H,5-9H2,1-4H3. The van der Waals surface area contributed by atoms with Crippen LogP contribution in [0.15, 0.2) is 4.79 Å². The van der Waals surface area contributed by atoms with E-state index in [1.165, 1.54) is 31.1 Å². The van der Waals surface area contributed by atoms with Crippen LogP contribution >= 0.6 is 0 Å². The molecule has 0 radical (unpaired) electrons. The Morgan fingerprint density at radius 3 is 2.37 bits per heavy atom. The smallest absolute Gasteiger partial charge is 0.291 e. The van der Waals surface area contributed by atoms with Gasteiger partial charge in [-0.05, 0) is 19.8 Å². The lowest BCUT2D eigenvalue weighted by Crippen LogP contribution is -2.32. The third-order valence-corrected chi connectivity index (χ3v) is 4.29. The lowest BCUT2D eigenvalue weighted by atomic mass is 9.96. The van der Waals surface area contributed by atoms with Crippen molar-refractivity contribution >= 4 is 11.6 Å². The topological polar surface area (TPSA) is 47.2 Å². The van der Waals surface area contributed by atoms with Gasteiger partial charge in [0.2, 0.25) is 5.91 Å². The molecular formula is C14H23N3O2. The number of hydrogen-bond donors (Lipinski definition) is 0. The van der Waals surface area contributed by atoms with E-state index in [4.69, 9.17) is 0 Å². The Morgan fingerprint density at radius 2 is 1.84 bits per heavy atom. The molecule has 1 aliphatic rings. The number of hydrogen-bond acceptors (Lipinski definition) is 2. The zero-order chi connectivity index (χ0) is 14.2. The Morgan fingerprint density at radius 1 is 1.26 bits per heavy atom. The Balaban J connectivity index is 2.48. The Bertz CT molecular complexity index is 536. The zero-order valence-corrected chi connectivity index (χ0v) is 12.3. The molecule has 5 nitrogen and oxygen atoms in total. The molecule has 0 bridgehead atoms. The van der Waals surface area contributed by atoms with Gasteiger partial charge in [0.1, 0.15) is 5.69 Å². The normalized spacial score (nSPS) is 16.6. The first kappa shape index (κ1) is 13.9. The van der Waals surface area contributed by atoms with Gasteiger partial charge in [0.25, 0.3) is 5.56 Å². The van der Waals surface area contributed by atoms with Crippen LogP contribution in [-0.2, 0) is 11.8 Å². The molecule has 1 amide bonds. The highest BCUT2D eigenvalue weighted by molar-refractivity contribution is 5.91. The molecule has 0 atom stereocenters. The van der Waals surface area contributed by atoms with E-state index in [0.717, 1.165) is 18.5 Å². The van der Waals surface area contributed by atoms with Crippen molar-refractivity contribution in [3.63, 3.8) is 0 Å². The van der Waals surface area contributed by atoms with Crippen LogP contribution in [-0.4, -0.2) is 22.3 Å². The molecule has 0 spiro atoms. The molecule has 2 rings (SSSR count). The van der Waals surface area contributed by atoms with Gasteiger partial charge in [-0.25, -0.2) is 4.68 Å². The number of anilines is 1. The SMILES string of the molecule is CC(=O)N(C)c1c(C)n(C)n(C2CCCCC2)c1=O. The second kappa shape index (κ2) is 5.23. The van der Waals surface area contributed by atoms with Crippen LogP contribution in [0.4, 0.5) is 5.69 Å². The van der Waals surface area contributed by atoms with Gasteiger partial charge >= 0.3 is 0 Å². The van der Waals surface area contributed by atoms with Crippen LogP contribution in [0.5, 0.6) is 0 Å². The lowest BCUT2D eigenvalue weighted by Gasteiger charge is -2.24. The summed E-state index contributed by atoms with van der Waals surface area (Å²) < 4.78 is 3.75. The highest BCUT2D eigenvalue weighted by Crippen LogP contribution is 2.28. The van der Waals surface area contributed by atoms with E-state index in [0.29, 0.717) is 5.69 Å². The molecular weight excluding hydrogens is 242 g/mol. The predicted octanol–water partition coefficient (Wildman–Crippen LogP) is 1.98. The van der Waals surface area contributed by atoms with Gasteiger partial charge in [0.15, 0.2) is 0 Å². The van der Waals surface area contributed by atoms with E-state index in [1.54, 1.807) is 7.05 Å². The van der Waals surface area contributed by atoms with Crippen molar-refractivity contribution in [1.29, 1.82) is 0 Å². The molecule has 0 unspecified atom stereocenters. The highest BCUT2D eigenvalue weighted by atomic mass is 16.2. The van der Waals surface area contributed by atoms with E-state index in [2.05, 4.69) is 0 Å². The second-order valence-electron chi connectivity index (χ2n) is 5.48. The van der Waals surface area contributed by atoms with E-state index >= 15 is 0 Å². The molecule has 0 saturated heterocycles. The van der Waals surface area contributed by atoms with E-state index in [9.17, 15) is 9.59 Å². The first-order valence-electron chi connectivity index (χ1n) is 6.97. The number of carbonyl (C=O) groups is 1. The van der Waals surface area contributed by atoms with Gasteiger partial charge in [-0.2, -0.15) is 0 Å². The Kier molecular flexibility index (Phi) is 3.83. The quantitative estimate of drug-likeness (QED) is 0.821. The summed E-state index contributed by atoms with van der Waals surface area (Å²) in [6.45, 7) is 3.38. The summed E-state index contributed by atoms with van der Waals surface area (Å²) in [5.41, 5.74) is 1.33. The van der Waals surface area contributed by atoms with E-state index < -0.39 is 0 Å². The number of aromatic nitrogens is 2. The fourth-order valence-electron chi connectivity index (χ4n) is 2.99. The molecule has 1 aromatic heterocycles. The van der Waals surface area contributed by atoms with Crippen LogP contribution in [0.25, 0.3) is 0 Å². The molecule has 1 fully saturated rings. The minimum Gasteiger partial charge on any atom is -0.309 e. The first-order chi connectivity index (χ1) is 8.95. The average molecular weight is 265 g/mol. The summed E-state index contributed by atoms with van der Waals surface area (Å²) in [7, 11) is 3.57. The summed E-state index contributed by atoms with van der Waals surface area (Å²) in [5.74, 6) is -0.110. The lowest BCUT2D eigenvalue weighted by molar-refractivity contribution is -0.116. The van der Waals surface area contributed by atoms with Gasteiger partial charge < -0.3 is 4.90 Å². The molecule has 0 aromatic carbocycles. The second-order valence-corrected chi connectivity index (χ2v) is 5.48. The molecule has 106 valence electrons. The summed E-state index contributed by atoms with van der Waals surface area (Å²) in [5, 5.41) is 0. The van der Waals surface area contributed by atoms with Crippen LogP contribution in [0, 0.1) is 6.92 Å². The Labute approximate surface area is 113 Å². The van der Waals surface area contributed by atoms with Gasteiger partial charge in [-0.15, -0.1) is 0 Å². The van der Waals surface area contributed by atoms with Crippen molar-refractivity contribution in [3.05, 3.63) is 16.0 Å². The predicted molar refractivity (Wildman–Crippen MR) is 75.6 cm³/mol. The van der Waals surface area contributed by atoms with Crippen molar-refractivity contribution in [2.75, 3.05) is 11.9 Å². The Hall–Kier alpha value is -1.52. The van der Waals surface area contributed by atoms with Gasteiger partial charge in [-0.1, -0.05) is 19.3 Å². The fourth-order valence-corrected chi connectivity index (χ4v) is 2.99. The van der Waals surface area contributed by atoms with Crippen LogP contribution in [0.2, 0.25) is 0 Å². The molecule has 1 heterocycles. The van der Waals surface area contributed by atoms with Crippen LogP contribution in [0.1, 0.15) is 50.8 Å². The maximum absolute atomic E-state index is 12.6.